The predicted molar refractivity (Wildman–Crippen MR) is 109 cm³/mol. The van der Waals surface area contributed by atoms with Crippen LogP contribution in [0.4, 0.5) is 11.4 Å². The molecule has 0 radical (unpaired) electrons. The zero-order valence-corrected chi connectivity index (χ0v) is 16.2. The molecule has 1 unspecified atom stereocenters. The molecule has 2 aromatic carbocycles. The highest BCUT2D eigenvalue weighted by Gasteiger charge is 2.35. The second-order valence-electron chi connectivity index (χ2n) is 6.91. The van der Waals surface area contributed by atoms with Crippen molar-refractivity contribution >= 4 is 23.2 Å². The van der Waals surface area contributed by atoms with Crippen molar-refractivity contribution in [3.63, 3.8) is 0 Å². The third-order valence-electron chi connectivity index (χ3n) is 4.89. The van der Waals surface area contributed by atoms with E-state index in [-0.39, 0.29) is 18.2 Å². The molecule has 0 aliphatic carbocycles. The average molecular weight is 391 g/mol. The molecule has 8 nitrogen and oxygen atoms in total. The fourth-order valence-corrected chi connectivity index (χ4v) is 3.31. The van der Waals surface area contributed by atoms with Crippen molar-refractivity contribution in [2.45, 2.75) is 13.3 Å². The van der Waals surface area contributed by atoms with Crippen LogP contribution in [0.2, 0.25) is 0 Å². The Bertz CT molecular complexity index is 1030. The van der Waals surface area contributed by atoms with E-state index in [9.17, 15) is 9.59 Å². The van der Waals surface area contributed by atoms with Crippen molar-refractivity contribution in [1.82, 2.24) is 15.2 Å². The summed E-state index contributed by atoms with van der Waals surface area (Å²) in [5, 5.41) is 9.82. The first-order valence-electron chi connectivity index (χ1n) is 9.28. The van der Waals surface area contributed by atoms with Gasteiger partial charge >= 0.3 is 0 Å². The largest absolute Gasteiger partial charge is 0.497 e. The molecule has 1 saturated heterocycles. The highest BCUT2D eigenvalue weighted by Crippen LogP contribution is 2.28. The Hall–Kier alpha value is -3.68. The Morgan fingerprint density at radius 3 is 2.52 bits per heavy atom. The second-order valence-corrected chi connectivity index (χ2v) is 6.91. The van der Waals surface area contributed by atoms with Crippen LogP contribution in [0.1, 0.15) is 12.2 Å². The highest BCUT2D eigenvalue weighted by molar-refractivity contribution is 6.03. The molecule has 4 rings (SSSR count). The lowest BCUT2D eigenvalue weighted by atomic mass is 10.1. The Morgan fingerprint density at radius 2 is 1.90 bits per heavy atom. The monoisotopic (exact) mass is 391 g/mol. The first kappa shape index (κ1) is 18.7. The van der Waals surface area contributed by atoms with Crippen LogP contribution in [0.3, 0.4) is 0 Å². The zero-order chi connectivity index (χ0) is 20.4. The normalized spacial score (nSPS) is 16.1. The van der Waals surface area contributed by atoms with Gasteiger partial charge in [-0.1, -0.05) is 0 Å². The summed E-state index contributed by atoms with van der Waals surface area (Å²) in [4.78, 5) is 31.0. The van der Waals surface area contributed by atoms with Gasteiger partial charge in [-0.05, 0) is 55.5 Å². The summed E-state index contributed by atoms with van der Waals surface area (Å²) in [5.41, 5.74) is 2.28. The number of rotatable bonds is 5. The van der Waals surface area contributed by atoms with Gasteiger partial charge in [-0.3, -0.25) is 14.7 Å². The van der Waals surface area contributed by atoms with E-state index in [0.29, 0.717) is 18.1 Å². The molecule has 2 amide bonds. The van der Waals surface area contributed by atoms with Crippen molar-refractivity contribution < 1.29 is 14.3 Å². The van der Waals surface area contributed by atoms with Crippen LogP contribution in [0.25, 0.3) is 11.4 Å². The maximum absolute atomic E-state index is 12.7. The lowest BCUT2D eigenvalue weighted by Gasteiger charge is -2.17. The molecule has 0 spiro atoms. The number of carbonyl (C=O) groups excluding carboxylic acids is 2. The molecule has 1 atom stereocenters. The van der Waals surface area contributed by atoms with Gasteiger partial charge in [0.2, 0.25) is 11.8 Å². The molecule has 1 aliphatic heterocycles. The molecule has 148 valence electrons. The number of benzene rings is 2. The number of hydrogen-bond donors (Lipinski definition) is 2. The van der Waals surface area contributed by atoms with Crippen LogP contribution in [0, 0.1) is 12.8 Å². The molecular weight excluding hydrogens is 370 g/mol. The number of methoxy groups -OCH3 is 1. The van der Waals surface area contributed by atoms with Gasteiger partial charge in [0.15, 0.2) is 5.82 Å². The summed E-state index contributed by atoms with van der Waals surface area (Å²) < 4.78 is 5.15. The molecule has 2 heterocycles. The van der Waals surface area contributed by atoms with E-state index in [2.05, 4.69) is 20.5 Å². The molecule has 1 aromatic heterocycles. The Balaban J connectivity index is 1.40. The maximum atomic E-state index is 12.7. The summed E-state index contributed by atoms with van der Waals surface area (Å²) in [6.45, 7) is 2.19. The third kappa shape index (κ3) is 3.96. The number of ether oxygens (including phenoxy) is 1. The van der Waals surface area contributed by atoms with Gasteiger partial charge in [-0.2, -0.15) is 5.10 Å². The fraction of sp³-hybridized carbons (Fsp3) is 0.238. The van der Waals surface area contributed by atoms with E-state index in [1.165, 1.54) is 0 Å². The average Bonchev–Trinajstić information content (AvgIpc) is 3.34. The number of nitrogens with zero attached hydrogens (tertiary/aromatic N) is 3. The Labute approximate surface area is 167 Å². The van der Waals surface area contributed by atoms with E-state index in [4.69, 9.17) is 4.74 Å². The number of carbonyl (C=O) groups is 2. The standard InChI is InChI=1S/C21H21N5O3/c1-13-22-20(25-24-13)14-3-5-16(6-4-14)23-21(28)15-11-19(27)26(12-15)17-7-9-18(29-2)10-8-17/h3-10,15H,11-12H2,1-2H3,(H,23,28)(H,22,24,25). The number of H-pyrrole nitrogens is 1. The number of amides is 2. The van der Waals surface area contributed by atoms with Gasteiger partial charge in [0.1, 0.15) is 11.6 Å². The van der Waals surface area contributed by atoms with Crippen molar-refractivity contribution in [2.24, 2.45) is 5.92 Å². The summed E-state index contributed by atoms with van der Waals surface area (Å²) >= 11 is 0. The minimum atomic E-state index is -0.403. The van der Waals surface area contributed by atoms with Gasteiger partial charge in [0.25, 0.3) is 0 Å². The molecule has 0 saturated carbocycles. The van der Waals surface area contributed by atoms with Gasteiger partial charge in [-0.25, -0.2) is 4.98 Å². The molecule has 29 heavy (non-hydrogen) atoms. The fourth-order valence-electron chi connectivity index (χ4n) is 3.31. The molecule has 1 fully saturated rings. The summed E-state index contributed by atoms with van der Waals surface area (Å²) in [5.74, 6) is 1.43. The minimum Gasteiger partial charge on any atom is -0.497 e. The topological polar surface area (TPSA) is 100 Å². The first-order chi connectivity index (χ1) is 14.0. The van der Waals surface area contributed by atoms with Crippen molar-refractivity contribution in [1.29, 1.82) is 0 Å². The van der Waals surface area contributed by atoms with Crippen molar-refractivity contribution in [2.75, 3.05) is 23.9 Å². The Kier molecular flexibility index (Phi) is 4.99. The molecular formula is C21H21N5O3. The molecule has 1 aliphatic rings. The second kappa shape index (κ2) is 7.75. The summed E-state index contributed by atoms with van der Waals surface area (Å²) in [6, 6.07) is 14.5. The van der Waals surface area contributed by atoms with Crippen LogP contribution in [0.15, 0.2) is 48.5 Å². The number of hydrogen-bond acceptors (Lipinski definition) is 5. The maximum Gasteiger partial charge on any atom is 0.229 e. The molecule has 8 heteroatoms. The van der Waals surface area contributed by atoms with Crippen molar-refractivity contribution in [3.05, 3.63) is 54.4 Å². The molecule has 0 bridgehead atoms. The summed E-state index contributed by atoms with van der Waals surface area (Å²) in [6.07, 6.45) is 0.187. The van der Waals surface area contributed by atoms with Crippen LogP contribution >= 0.6 is 0 Å². The molecule has 3 aromatic rings. The predicted octanol–water partition coefficient (Wildman–Crippen LogP) is 2.78. The van der Waals surface area contributed by atoms with Gasteiger partial charge < -0.3 is 15.0 Å². The summed E-state index contributed by atoms with van der Waals surface area (Å²) in [7, 11) is 1.59. The minimum absolute atomic E-state index is 0.0642. The van der Waals surface area contributed by atoms with Crippen LogP contribution < -0.4 is 15.0 Å². The first-order valence-corrected chi connectivity index (χ1v) is 9.28. The smallest absolute Gasteiger partial charge is 0.229 e. The van der Waals surface area contributed by atoms with Crippen molar-refractivity contribution in [3.8, 4) is 17.1 Å². The van der Waals surface area contributed by atoms with E-state index < -0.39 is 5.92 Å². The van der Waals surface area contributed by atoms with E-state index in [1.54, 1.807) is 36.3 Å². The SMILES string of the molecule is COc1ccc(N2CC(C(=O)Nc3ccc(-c4n[nH]c(C)n4)cc3)CC2=O)cc1. The van der Waals surface area contributed by atoms with Gasteiger partial charge in [0.05, 0.1) is 13.0 Å². The zero-order valence-electron chi connectivity index (χ0n) is 16.2. The number of aromatic nitrogens is 3. The lowest BCUT2D eigenvalue weighted by Crippen LogP contribution is -2.28. The van der Waals surface area contributed by atoms with Crippen LogP contribution in [0.5, 0.6) is 5.75 Å². The number of aryl methyl sites for hydroxylation is 1. The third-order valence-corrected chi connectivity index (χ3v) is 4.89. The molecule has 2 N–H and O–H groups in total. The number of nitrogens with one attached hydrogen (secondary N) is 2. The Morgan fingerprint density at radius 1 is 1.17 bits per heavy atom. The highest BCUT2D eigenvalue weighted by atomic mass is 16.5. The van der Waals surface area contributed by atoms with Gasteiger partial charge in [-0.15, -0.1) is 0 Å². The number of aromatic amines is 1. The van der Waals surface area contributed by atoms with Crippen LogP contribution in [-0.2, 0) is 9.59 Å². The number of anilines is 2. The van der Waals surface area contributed by atoms with E-state index in [1.807, 2.05) is 31.2 Å². The van der Waals surface area contributed by atoms with E-state index >= 15 is 0 Å². The van der Waals surface area contributed by atoms with Crippen LogP contribution in [-0.4, -0.2) is 40.7 Å². The lowest BCUT2D eigenvalue weighted by molar-refractivity contribution is -0.122. The quantitative estimate of drug-likeness (QED) is 0.697. The van der Waals surface area contributed by atoms with Gasteiger partial charge in [0, 0.05) is 29.9 Å². The van der Waals surface area contributed by atoms with E-state index in [0.717, 1.165) is 22.8 Å².